The van der Waals surface area contributed by atoms with Crippen LogP contribution in [0.5, 0.6) is 5.75 Å². The zero-order valence-corrected chi connectivity index (χ0v) is 17.2. The van der Waals surface area contributed by atoms with E-state index in [1.165, 1.54) is 17.9 Å². The van der Waals surface area contributed by atoms with Gasteiger partial charge in [-0.3, -0.25) is 4.79 Å². The first-order valence-corrected chi connectivity index (χ1v) is 9.38. The van der Waals surface area contributed by atoms with Gasteiger partial charge in [-0.05, 0) is 38.1 Å². The van der Waals surface area contributed by atoms with Crippen LogP contribution in [-0.4, -0.2) is 35.4 Å². The zero-order valence-electron chi connectivity index (χ0n) is 17.2. The second-order valence-corrected chi connectivity index (χ2v) is 6.77. The Hall–Kier alpha value is -3.75. The largest absolute Gasteiger partial charge is 0.482 e. The second-order valence-electron chi connectivity index (χ2n) is 6.77. The Labute approximate surface area is 177 Å². The van der Waals surface area contributed by atoms with Crippen LogP contribution >= 0.6 is 0 Å². The summed E-state index contributed by atoms with van der Waals surface area (Å²) in [7, 11) is 1.26. The number of hydrogen-bond acceptors (Lipinski definition) is 5. The lowest BCUT2D eigenvalue weighted by atomic mass is 10.1. The number of anilines is 1. The van der Waals surface area contributed by atoms with Crippen LogP contribution in [0.15, 0.2) is 42.5 Å². The number of hydrogen-bond donors (Lipinski definition) is 1. The maximum Gasteiger partial charge on any atom is 0.343 e. The highest BCUT2D eigenvalue weighted by Crippen LogP contribution is 2.22. The number of halogens is 2. The van der Waals surface area contributed by atoms with Gasteiger partial charge in [0.2, 0.25) is 5.91 Å². The van der Waals surface area contributed by atoms with E-state index in [1.807, 2.05) is 0 Å². The Bertz CT molecular complexity index is 1130. The molecule has 7 nitrogen and oxygen atoms in total. The number of aromatic nitrogens is 2. The molecule has 0 saturated heterocycles. The van der Waals surface area contributed by atoms with Crippen LogP contribution in [0.25, 0.3) is 5.69 Å². The number of carbonyl (C=O) groups excluding carboxylic acids is 2. The van der Waals surface area contributed by atoms with Gasteiger partial charge in [0, 0.05) is 29.1 Å². The van der Waals surface area contributed by atoms with Crippen molar-refractivity contribution in [3.05, 3.63) is 71.1 Å². The number of amides is 1. The van der Waals surface area contributed by atoms with Crippen molar-refractivity contribution in [1.29, 1.82) is 0 Å². The third-order valence-corrected chi connectivity index (χ3v) is 4.62. The molecule has 3 rings (SSSR count). The molecule has 0 aliphatic heterocycles. The molecule has 0 aliphatic carbocycles. The summed E-state index contributed by atoms with van der Waals surface area (Å²) >= 11 is 0. The SMILES string of the molecule is COC(=O)COc1cccc(NC(=O)Cc2c(C)nn(-c3ccc(F)cc3F)c2C)c1. The lowest BCUT2D eigenvalue weighted by molar-refractivity contribution is -0.142. The quantitative estimate of drug-likeness (QED) is 0.582. The van der Waals surface area contributed by atoms with Gasteiger partial charge in [-0.15, -0.1) is 0 Å². The number of benzene rings is 2. The summed E-state index contributed by atoms with van der Waals surface area (Å²) in [6.45, 7) is 3.19. The molecule has 0 fully saturated rings. The standard InChI is InChI=1S/C22H21F2N3O4/c1-13-18(14(2)27(26-13)20-8-7-15(23)9-19(20)24)11-21(28)25-16-5-4-6-17(10-16)31-12-22(29)30-3/h4-10H,11-12H2,1-3H3,(H,25,28). The topological polar surface area (TPSA) is 82.4 Å². The van der Waals surface area contributed by atoms with Crippen LogP contribution in [0, 0.1) is 25.5 Å². The van der Waals surface area contributed by atoms with Crippen LogP contribution in [0.1, 0.15) is 17.0 Å². The van der Waals surface area contributed by atoms with Crippen molar-refractivity contribution in [2.45, 2.75) is 20.3 Å². The van der Waals surface area contributed by atoms with E-state index in [1.54, 1.807) is 38.1 Å². The minimum absolute atomic E-state index is 0.00766. The van der Waals surface area contributed by atoms with Crippen LogP contribution in [0.3, 0.4) is 0 Å². The first kappa shape index (κ1) is 21.9. The average molecular weight is 429 g/mol. The van der Waals surface area contributed by atoms with Gasteiger partial charge in [0.25, 0.3) is 0 Å². The van der Waals surface area contributed by atoms with Gasteiger partial charge in [0.1, 0.15) is 17.3 Å². The molecule has 31 heavy (non-hydrogen) atoms. The van der Waals surface area contributed by atoms with Crippen molar-refractivity contribution in [3.63, 3.8) is 0 Å². The summed E-state index contributed by atoms with van der Waals surface area (Å²) in [4.78, 5) is 23.8. The Morgan fingerprint density at radius 3 is 2.61 bits per heavy atom. The Kier molecular flexibility index (Phi) is 6.64. The molecule has 1 amide bonds. The van der Waals surface area contributed by atoms with E-state index in [0.717, 1.165) is 12.1 Å². The van der Waals surface area contributed by atoms with Gasteiger partial charge in [-0.2, -0.15) is 5.10 Å². The highest BCUT2D eigenvalue weighted by Gasteiger charge is 2.18. The van der Waals surface area contributed by atoms with Gasteiger partial charge in [-0.1, -0.05) is 6.07 Å². The Balaban J connectivity index is 1.73. The van der Waals surface area contributed by atoms with Crippen LogP contribution in [-0.2, 0) is 20.7 Å². The van der Waals surface area contributed by atoms with E-state index in [9.17, 15) is 18.4 Å². The van der Waals surface area contributed by atoms with E-state index in [2.05, 4.69) is 15.2 Å². The first-order valence-electron chi connectivity index (χ1n) is 9.38. The third-order valence-electron chi connectivity index (χ3n) is 4.62. The highest BCUT2D eigenvalue weighted by molar-refractivity contribution is 5.92. The second kappa shape index (κ2) is 9.38. The maximum absolute atomic E-state index is 14.2. The summed E-state index contributed by atoms with van der Waals surface area (Å²) < 4.78 is 38.5. The number of esters is 1. The van der Waals surface area contributed by atoms with E-state index in [-0.39, 0.29) is 24.6 Å². The molecule has 1 heterocycles. The Morgan fingerprint density at radius 2 is 1.90 bits per heavy atom. The zero-order chi connectivity index (χ0) is 22.5. The van der Waals surface area contributed by atoms with Crippen molar-refractivity contribution in [1.82, 2.24) is 9.78 Å². The summed E-state index contributed by atoms with van der Waals surface area (Å²) in [6, 6.07) is 9.82. The predicted octanol–water partition coefficient (Wildman–Crippen LogP) is 3.50. The molecule has 1 aromatic heterocycles. The molecule has 0 atom stereocenters. The van der Waals surface area contributed by atoms with Crippen molar-refractivity contribution in [3.8, 4) is 11.4 Å². The lowest BCUT2D eigenvalue weighted by Crippen LogP contribution is -2.16. The number of ether oxygens (including phenoxy) is 2. The van der Waals surface area contributed by atoms with E-state index in [4.69, 9.17) is 4.74 Å². The molecule has 3 aromatic rings. The van der Waals surface area contributed by atoms with Gasteiger partial charge >= 0.3 is 5.97 Å². The molecule has 0 radical (unpaired) electrons. The maximum atomic E-state index is 14.2. The third kappa shape index (κ3) is 5.25. The number of nitrogens with one attached hydrogen (secondary N) is 1. The number of nitrogens with zero attached hydrogens (tertiary/aromatic N) is 2. The molecule has 1 N–H and O–H groups in total. The first-order chi connectivity index (χ1) is 14.8. The fourth-order valence-corrected chi connectivity index (χ4v) is 3.05. The van der Waals surface area contributed by atoms with Crippen molar-refractivity contribution < 1.29 is 27.8 Å². The molecule has 2 aromatic carbocycles. The molecule has 0 spiro atoms. The fourth-order valence-electron chi connectivity index (χ4n) is 3.05. The predicted molar refractivity (Wildman–Crippen MR) is 109 cm³/mol. The molecule has 9 heteroatoms. The van der Waals surface area contributed by atoms with Crippen LogP contribution in [0.2, 0.25) is 0 Å². The molecule has 162 valence electrons. The molecule has 0 aliphatic rings. The summed E-state index contributed by atoms with van der Waals surface area (Å²) in [5, 5.41) is 7.06. The van der Waals surface area contributed by atoms with E-state index in [0.29, 0.717) is 28.4 Å². The minimum atomic E-state index is -0.745. The Morgan fingerprint density at radius 1 is 1.13 bits per heavy atom. The summed E-state index contributed by atoms with van der Waals surface area (Å²) in [5.74, 6) is -1.86. The monoisotopic (exact) mass is 429 g/mol. The van der Waals surface area contributed by atoms with Crippen molar-refractivity contribution in [2.75, 3.05) is 19.0 Å². The van der Waals surface area contributed by atoms with Crippen LogP contribution < -0.4 is 10.1 Å². The average Bonchev–Trinajstić information content (AvgIpc) is 3.00. The molecule has 0 bridgehead atoms. The molecular weight excluding hydrogens is 408 g/mol. The van der Waals surface area contributed by atoms with Gasteiger partial charge < -0.3 is 14.8 Å². The summed E-state index contributed by atoms with van der Waals surface area (Å²) in [6.07, 6.45) is 0.00766. The smallest absolute Gasteiger partial charge is 0.343 e. The van der Waals surface area contributed by atoms with Gasteiger partial charge in [0.05, 0.1) is 19.2 Å². The lowest BCUT2D eigenvalue weighted by Gasteiger charge is -2.09. The molecule has 0 saturated carbocycles. The van der Waals surface area contributed by atoms with Crippen molar-refractivity contribution in [2.24, 2.45) is 0 Å². The molecular formula is C22H21F2N3O4. The van der Waals surface area contributed by atoms with E-state index >= 15 is 0 Å². The normalized spacial score (nSPS) is 10.6. The van der Waals surface area contributed by atoms with E-state index < -0.39 is 17.6 Å². The number of rotatable bonds is 7. The fraction of sp³-hybridized carbons (Fsp3) is 0.227. The summed E-state index contributed by atoms with van der Waals surface area (Å²) in [5.41, 5.74) is 2.36. The van der Waals surface area contributed by atoms with Gasteiger partial charge in [0.15, 0.2) is 12.4 Å². The number of carbonyl (C=O) groups is 2. The van der Waals surface area contributed by atoms with Crippen LogP contribution in [0.4, 0.5) is 14.5 Å². The molecule has 0 unspecified atom stereocenters. The highest BCUT2D eigenvalue weighted by atomic mass is 19.1. The van der Waals surface area contributed by atoms with Crippen molar-refractivity contribution >= 4 is 17.6 Å². The number of methoxy groups -OCH3 is 1. The number of aryl methyl sites for hydroxylation is 1. The van der Waals surface area contributed by atoms with Gasteiger partial charge in [-0.25, -0.2) is 18.3 Å². The minimum Gasteiger partial charge on any atom is -0.482 e.